The van der Waals surface area contributed by atoms with E-state index in [0.717, 1.165) is 59.4 Å². The van der Waals surface area contributed by atoms with E-state index in [0.29, 0.717) is 5.92 Å². The van der Waals surface area contributed by atoms with Gasteiger partial charge in [-0.25, -0.2) is 0 Å². The van der Waals surface area contributed by atoms with E-state index in [1.54, 1.807) is 7.11 Å². The Kier molecular flexibility index (Phi) is 5.60. The quantitative estimate of drug-likeness (QED) is 0.473. The molecule has 2 atom stereocenters. The lowest BCUT2D eigenvalue weighted by molar-refractivity contribution is -0.137. The second-order valence-corrected chi connectivity index (χ2v) is 8.91. The van der Waals surface area contributed by atoms with Crippen molar-refractivity contribution >= 4 is 5.97 Å². The van der Waals surface area contributed by atoms with E-state index in [4.69, 9.17) is 9.47 Å². The highest BCUT2D eigenvalue weighted by Gasteiger charge is 2.34. The van der Waals surface area contributed by atoms with Crippen LogP contribution in [0, 0.1) is 5.92 Å². The van der Waals surface area contributed by atoms with Crippen LogP contribution in [0.2, 0.25) is 0 Å². The summed E-state index contributed by atoms with van der Waals surface area (Å²) in [6, 6.07) is 23.0. The Balaban J connectivity index is 1.35. The zero-order valence-electron chi connectivity index (χ0n) is 18.3. The molecule has 1 fully saturated rings. The van der Waals surface area contributed by atoms with Gasteiger partial charge < -0.3 is 14.6 Å². The summed E-state index contributed by atoms with van der Waals surface area (Å²) < 4.78 is 11.8. The maximum absolute atomic E-state index is 11.4. The summed E-state index contributed by atoms with van der Waals surface area (Å²) in [5, 5.41) is 9.35. The molecule has 0 amide bonds. The van der Waals surface area contributed by atoms with E-state index in [2.05, 4.69) is 48.5 Å². The first kappa shape index (κ1) is 20.6. The van der Waals surface area contributed by atoms with Crippen LogP contribution in [0.4, 0.5) is 0 Å². The number of aliphatic carboxylic acids is 1. The topological polar surface area (TPSA) is 55.8 Å². The lowest BCUT2D eigenvalue weighted by Crippen LogP contribution is -2.16. The van der Waals surface area contributed by atoms with Crippen LogP contribution in [0.25, 0.3) is 11.1 Å². The summed E-state index contributed by atoms with van der Waals surface area (Å²) in [4.78, 5) is 11.4. The number of carboxylic acid groups (broad SMARTS) is 1. The molecule has 1 heterocycles. The molecule has 0 spiro atoms. The summed E-state index contributed by atoms with van der Waals surface area (Å²) in [6.45, 7) is 0. The second-order valence-electron chi connectivity index (χ2n) is 8.91. The van der Waals surface area contributed by atoms with Gasteiger partial charge in [-0.3, -0.25) is 4.79 Å². The van der Waals surface area contributed by atoms with Crippen LogP contribution in [0.5, 0.6) is 11.5 Å². The average Bonchev–Trinajstić information content (AvgIpc) is 3.67. The zero-order chi connectivity index (χ0) is 22.1. The molecule has 3 aromatic carbocycles. The van der Waals surface area contributed by atoms with E-state index < -0.39 is 5.97 Å². The Hall–Kier alpha value is -3.27. The SMILES string of the molecule is COc1cccc(-c2ccc(C3CCc4ccc([C@@H](CC(=O)O)C5CC5)cc4O3)cc2)c1. The van der Waals surface area contributed by atoms with Crippen molar-refractivity contribution in [3.63, 3.8) is 0 Å². The van der Waals surface area contributed by atoms with Crippen LogP contribution in [-0.2, 0) is 11.2 Å². The van der Waals surface area contributed by atoms with Gasteiger partial charge in [0, 0.05) is 0 Å². The monoisotopic (exact) mass is 428 g/mol. The molecule has 32 heavy (non-hydrogen) atoms. The van der Waals surface area contributed by atoms with Crippen molar-refractivity contribution in [3.05, 3.63) is 83.4 Å². The van der Waals surface area contributed by atoms with E-state index in [1.165, 1.54) is 5.56 Å². The van der Waals surface area contributed by atoms with Crippen LogP contribution in [-0.4, -0.2) is 18.2 Å². The normalized spacial score (nSPS) is 18.3. The van der Waals surface area contributed by atoms with E-state index in [1.807, 2.05) is 18.2 Å². The first-order chi connectivity index (χ1) is 15.6. The Morgan fingerprint density at radius 2 is 1.84 bits per heavy atom. The Bertz CT molecular complexity index is 1110. The summed E-state index contributed by atoms with van der Waals surface area (Å²) in [5.74, 6) is 1.61. The minimum atomic E-state index is -0.727. The van der Waals surface area contributed by atoms with E-state index >= 15 is 0 Å². The van der Waals surface area contributed by atoms with E-state index in [-0.39, 0.29) is 18.4 Å². The average molecular weight is 429 g/mol. The molecule has 4 heteroatoms. The second kappa shape index (κ2) is 8.70. The number of methoxy groups -OCH3 is 1. The number of hydrogen-bond acceptors (Lipinski definition) is 3. The lowest BCUT2D eigenvalue weighted by Gasteiger charge is -2.28. The van der Waals surface area contributed by atoms with Crippen molar-refractivity contribution in [3.8, 4) is 22.6 Å². The van der Waals surface area contributed by atoms with Gasteiger partial charge in [-0.1, -0.05) is 48.5 Å². The molecule has 164 valence electrons. The van der Waals surface area contributed by atoms with Crippen LogP contribution < -0.4 is 9.47 Å². The standard InChI is InChI=1S/C28H28O4/c1-31-24-4-2-3-22(15-24)18-5-9-20(10-6-18)26-14-13-21-11-12-23(16-27(21)32-26)25(17-28(29)30)19-7-8-19/h2-6,9-12,15-16,19,25-26H,7-8,13-14,17H2,1H3,(H,29,30)/t25-,26?/m0/s1. The number of carbonyl (C=O) groups is 1. The number of benzene rings is 3. The molecular weight excluding hydrogens is 400 g/mol. The first-order valence-electron chi connectivity index (χ1n) is 11.4. The maximum atomic E-state index is 11.4. The van der Waals surface area contributed by atoms with Crippen molar-refractivity contribution in [2.45, 2.75) is 44.1 Å². The zero-order valence-corrected chi connectivity index (χ0v) is 18.3. The largest absolute Gasteiger partial charge is 0.497 e. The Morgan fingerprint density at radius 1 is 1.03 bits per heavy atom. The van der Waals surface area contributed by atoms with Crippen molar-refractivity contribution in [2.75, 3.05) is 7.11 Å². The van der Waals surface area contributed by atoms with Gasteiger partial charge in [0.2, 0.25) is 0 Å². The third-order valence-electron chi connectivity index (χ3n) is 6.74. The highest BCUT2D eigenvalue weighted by molar-refractivity contribution is 5.68. The van der Waals surface area contributed by atoms with Gasteiger partial charge >= 0.3 is 5.97 Å². The summed E-state index contributed by atoms with van der Waals surface area (Å²) >= 11 is 0. The third-order valence-corrected chi connectivity index (χ3v) is 6.74. The molecule has 1 N–H and O–H groups in total. The minimum Gasteiger partial charge on any atom is -0.497 e. The van der Waals surface area contributed by atoms with Crippen molar-refractivity contribution in [2.24, 2.45) is 5.92 Å². The predicted molar refractivity (Wildman–Crippen MR) is 124 cm³/mol. The fraction of sp³-hybridized carbons (Fsp3) is 0.321. The highest BCUT2D eigenvalue weighted by Crippen LogP contribution is 2.46. The van der Waals surface area contributed by atoms with Crippen LogP contribution in [0.3, 0.4) is 0 Å². The number of rotatable bonds is 7. The Morgan fingerprint density at radius 3 is 2.56 bits per heavy atom. The molecule has 1 saturated carbocycles. The minimum absolute atomic E-state index is 0.0101. The number of hydrogen-bond donors (Lipinski definition) is 1. The molecule has 1 unspecified atom stereocenters. The van der Waals surface area contributed by atoms with Crippen LogP contribution >= 0.6 is 0 Å². The van der Waals surface area contributed by atoms with Crippen LogP contribution in [0.1, 0.15) is 54.4 Å². The van der Waals surface area contributed by atoms with Crippen molar-refractivity contribution < 1.29 is 19.4 Å². The first-order valence-corrected chi connectivity index (χ1v) is 11.4. The van der Waals surface area contributed by atoms with Gasteiger partial charge in [0.25, 0.3) is 0 Å². The van der Waals surface area contributed by atoms with Gasteiger partial charge in [0.15, 0.2) is 0 Å². The molecule has 5 rings (SSSR count). The number of fused-ring (bicyclic) bond motifs is 1. The van der Waals surface area contributed by atoms with Gasteiger partial charge in [-0.05, 0) is 83.5 Å². The highest BCUT2D eigenvalue weighted by atomic mass is 16.5. The molecule has 1 aliphatic carbocycles. The Labute approximate surface area is 188 Å². The van der Waals surface area contributed by atoms with E-state index in [9.17, 15) is 9.90 Å². The number of aryl methyl sites for hydroxylation is 1. The molecule has 1 aliphatic heterocycles. The lowest BCUT2D eigenvalue weighted by atomic mass is 9.88. The maximum Gasteiger partial charge on any atom is 0.303 e. The van der Waals surface area contributed by atoms with Crippen molar-refractivity contribution in [1.82, 2.24) is 0 Å². The molecular formula is C28H28O4. The molecule has 0 radical (unpaired) electrons. The van der Waals surface area contributed by atoms with Gasteiger partial charge in [0.1, 0.15) is 17.6 Å². The molecule has 0 bridgehead atoms. The fourth-order valence-corrected chi connectivity index (χ4v) is 4.79. The summed E-state index contributed by atoms with van der Waals surface area (Å²) in [7, 11) is 1.68. The summed E-state index contributed by atoms with van der Waals surface area (Å²) in [5.41, 5.74) is 5.75. The molecule has 3 aromatic rings. The molecule has 0 aromatic heterocycles. The van der Waals surface area contributed by atoms with Gasteiger partial charge in [-0.2, -0.15) is 0 Å². The van der Waals surface area contributed by atoms with Gasteiger partial charge in [-0.15, -0.1) is 0 Å². The molecule has 0 saturated heterocycles. The molecule has 4 nitrogen and oxygen atoms in total. The third kappa shape index (κ3) is 4.36. The number of ether oxygens (including phenoxy) is 2. The fourth-order valence-electron chi connectivity index (χ4n) is 4.79. The molecule has 2 aliphatic rings. The summed E-state index contributed by atoms with van der Waals surface area (Å²) in [6.07, 6.45) is 4.35. The smallest absolute Gasteiger partial charge is 0.303 e. The van der Waals surface area contributed by atoms with Crippen LogP contribution in [0.15, 0.2) is 66.7 Å². The predicted octanol–water partition coefficient (Wildman–Crippen LogP) is 6.40. The van der Waals surface area contributed by atoms with Gasteiger partial charge in [0.05, 0.1) is 13.5 Å². The van der Waals surface area contributed by atoms with Crippen molar-refractivity contribution in [1.29, 1.82) is 0 Å². The number of carboxylic acids is 1.